The summed E-state index contributed by atoms with van der Waals surface area (Å²) in [4.78, 5) is 2.44. The van der Waals surface area contributed by atoms with Crippen molar-refractivity contribution in [3.8, 4) is 0 Å². The van der Waals surface area contributed by atoms with Gasteiger partial charge >= 0.3 is 0 Å². The first kappa shape index (κ1) is 26.0. The van der Waals surface area contributed by atoms with E-state index in [1.807, 2.05) is 0 Å². The topological polar surface area (TPSA) is 3.24 Å². The molecule has 1 rings (SSSR count). The molecule has 1 nitrogen and oxygen atoms in total. The zero-order valence-electron chi connectivity index (χ0n) is 19.7. The van der Waals surface area contributed by atoms with E-state index in [1.165, 1.54) is 108 Å². The number of likely N-dealkylation sites (N-methyl/N-ethyl adjacent to an activating group) is 1. The highest BCUT2D eigenvalue weighted by Gasteiger charge is 2.12. The van der Waals surface area contributed by atoms with E-state index in [9.17, 15) is 0 Å². The minimum Gasteiger partial charge on any atom is -0.296 e. The van der Waals surface area contributed by atoms with Crippen LogP contribution in [0.15, 0.2) is 43.0 Å². The lowest BCUT2D eigenvalue weighted by Gasteiger charge is -2.25. The van der Waals surface area contributed by atoms with Gasteiger partial charge in [-0.05, 0) is 25.6 Å². The number of rotatable bonds is 20. The fourth-order valence-corrected chi connectivity index (χ4v) is 4.27. The van der Waals surface area contributed by atoms with Crippen LogP contribution in [-0.4, -0.2) is 18.5 Å². The predicted octanol–water partition coefficient (Wildman–Crippen LogP) is 9.11. The molecule has 0 radical (unpaired) electrons. The van der Waals surface area contributed by atoms with Crippen molar-refractivity contribution in [2.45, 2.75) is 116 Å². The van der Waals surface area contributed by atoms with E-state index in [0.717, 1.165) is 6.54 Å². The van der Waals surface area contributed by atoms with Gasteiger partial charge in [0.2, 0.25) is 0 Å². The van der Waals surface area contributed by atoms with Gasteiger partial charge in [0, 0.05) is 0 Å². The van der Waals surface area contributed by atoms with Gasteiger partial charge in [-0.2, -0.15) is 0 Å². The SMILES string of the molecule is C=CC(c1ccccc1)N(C)CCCCCCCCCCCCCCCCCC. The van der Waals surface area contributed by atoms with Crippen molar-refractivity contribution in [3.63, 3.8) is 0 Å². The van der Waals surface area contributed by atoms with Crippen LogP contribution < -0.4 is 0 Å². The molecule has 166 valence electrons. The van der Waals surface area contributed by atoms with Gasteiger partial charge in [0.05, 0.1) is 6.04 Å². The molecule has 0 amide bonds. The number of hydrogen-bond donors (Lipinski definition) is 0. The second-order valence-corrected chi connectivity index (χ2v) is 8.88. The van der Waals surface area contributed by atoms with Crippen molar-refractivity contribution in [2.75, 3.05) is 13.6 Å². The minimum absolute atomic E-state index is 0.340. The summed E-state index contributed by atoms with van der Waals surface area (Å²) in [7, 11) is 2.23. The summed E-state index contributed by atoms with van der Waals surface area (Å²) in [5, 5.41) is 0. The fraction of sp³-hybridized carbons (Fsp3) is 0.714. The lowest BCUT2D eigenvalue weighted by atomic mass is 10.0. The average Bonchev–Trinajstić information content (AvgIpc) is 2.74. The van der Waals surface area contributed by atoms with Crippen LogP contribution in [0.4, 0.5) is 0 Å². The van der Waals surface area contributed by atoms with Gasteiger partial charge in [0.15, 0.2) is 0 Å². The third-order valence-electron chi connectivity index (χ3n) is 6.20. The largest absolute Gasteiger partial charge is 0.296 e. The highest BCUT2D eigenvalue weighted by Crippen LogP contribution is 2.21. The Labute approximate surface area is 183 Å². The molecule has 1 atom stereocenters. The second kappa shape index (κ2) is 18.9. The van der Waals surface area contributed by atoms with Crippen LogP contribution in [-0.2, 0) is 0 Å². The molecule has 0 fully saturated rings. The van der Waals surface area contributed by atoms with E-state index in [2.05, 4.69) is 61.9 Å². The first-order valence-electron chi connectivity index (χ1n) is 12.7. The summed E-state index contributed by atoms with van der Waals surface area (Å²) < 4.78 is 0. The van der Waals surface area contributed by atoms with Crippen LogP contribution in [0.2, 0.25) is 0 Å². The number of hydrogen-bond acceptors (Lipinski definition) is 1. The van der Waals surface area contributed by atoms with Crippen LogP contribution in [0, 0.1) is 0 Å². The first-order valence-corrected chi connectivity index (χ1v) is 12.7. The van der Waals surface area contributed by atoms with Crippen LogP contribution in [0.1, 0.15) is 121 Å². The normalized spacial score (nSPS) is 12.4. The summed E-state index contributed by atoms with van der Waals surface area (Å²) in [5.74, 6) is 0. The monoisotopic (exact) mass is 399 g/mol. The standard InChI is InChI=1S/C28H49N/c1-4-6-7-8-9-10-11-12-13-14-15-16-17-18-19-23-26-29(3)28(5-2)27-24-21-20-22-25-27/h5,20-22,24-25,28H,2,4,6-19,23,26H2,1,3H3. The van der Waals surface area contributed by atoms with Crippen LogP contribution in [0.3, 0.4) is 0 Å². The van der Waals surface area contributed by atoms with E-state index in [-0.39, 0.29) is 0 Å². The molecule has 0 saturated carbocycles. The molecule has 1 aromatic rings. The zero-order valence-corrected chi connectivity index (χ0v) is 19.7. The van der Waals surface area contributed by atoms with E-state index in [4.69, 9.17) is 0 Å². The molecule has 29 heavy (non-hydrogen) atoms. The molecule has 1 heteroatoms. The highest BCUT2D eigenvalue weighted by atomic mass is 15.1. The minimum atomic E-state index is 0.340. The molecule has 0 aliphatic rings. The Morgan fingerprint density at radius 2 is 1.10 bits per heavy atom. The van der Waals surface area contributed by atoms with Crippen molar-refractivity contribution in [1.29, 1.82) is 0 Å². The van der Waals surface area contributed by atoms with Crippen molar-refractivity contribution in [2.24, 2.45) is 0 Å². The lowest BCUT2D eigenvalue weighted by Crippen LogP contribution is -2.24. The predicted molar refractivity (Wildman–Crippen MR) is 132 cm³/mol. The molecule has 1 aromatic carbocycles. The third kappa shape index (κ3) is 13.7. The van der Waals surface area contributed by atoms with E-state index in [0.29, 0.717) is 6.04 Å². The Morgan fingerprint density at radius 3 is 1.52 bits per heavy atom. The van der Waals surface area contributed by atoms with Crippen LogP contribution in [0.25, 0.3) is 0 Å². The van der Waals surface area contributed by atoms with Gasteiger partial charge in [0.25, 0.3) is 0 Å². The molecule has 0 aliphatic carbocycles. The number of nitrogens with zero attached hydrogens (tertiary/aromatic N) is 1. The Morgan fingerprint density at radius 1 is 0.690 bits per heavy atom. The zero-order chi connectivity index (χ0) is 21.0. The second-order valence-electron chi connectivity index (χ2n) is 8.88. The fourth-order valence-electron chi connectivity index (χ4n) is 4.27. The van der Waals surface area contributed by atoms with Crippen LogP contribution >= 0.6 is 0 Å². The van der Waals surface area contributed by atoms with Crippen molar-refractivity contribution < 1.29 is 0 Å². The molecule has 0 spiro atoms. The van der Waals surface area contributed by atoms with E-state index < -0.39 is 0 Å². The smallest absolute Gasteiger partial charge is 0.0526 e. The van der Waals surface area contributed by atoms with Gasteiger partial charge < -0.3 is 0 Å². The lowest BCUT2D eigenvalue weighted by molar-refractivity contribution is 0.278. The van der Waals surface area contributed by atoms with E-state index >= 15 is 0 Å². The molecule has 0 saturated heterocycles. The molecular weight excluding hydrogens is 350 g/mol. The Bertz CT molecular complexity index is 466. The Hall–Kier alpha value is -1.08. The maximum absolute atomic E-state index is 4.04. The molecule has 0 heterocycles. The van der Waals surface area contributed by atoms with Gasteiger partial charge in [-0.15, -0.1) is 6.58 Å². The van der Waals surface area contributed by atoms with Crippen LogP contribution in [0.5, 0.6) is 0 Å². The quantitative estimate of drug-likeness (QED) is 0.156. The van der Waals surface area contributed by atoms with Crippen molar-refractivity contribution in [1.82, 2.24) is 4.90 Å². The van der Waals surface area contributed by atoms with Gasteiger partial charge in [-0.3, -0.25) is 4.90 Å². The van der Waals surface area contributed by atoms with Gasteiger partial charge in [-0.25, -0.2) is 0 Å². The molecule has 0 aliphatic heterocycles. The highest BCUT2D eigenvalue weighted by molar-refractivity contribution is 5.22. The molecule has 0 N–H and O–H groups in total. The molecule has 1 unspecified atom stereocenters. The summed E-state index contributed by atoms with van der Waals surface area (Å²) in [6.07, 6.45) is 24.9. The third-order valence-corrected chi connectivity index (χ3v) is 6.20. The van der Waals surface area contributed by atoms with Crippen molar-refractivity contribution in [3.05, 3.63) is 48.6 Å². The first-order chi connectivity index (χ1) is 14.3. The number of benzene rings is 1. The van der Waals surface area contributed by atoms with Crippen molar-refractivity contribution >= 4 is 0 Å². The maximum Gasteiger partial charge on any atom is 0.0526 e. The molecule has 0 bridgehead atoms. The Balaban J connectivity index is 1.88. The Kier molecular flexibility index (Phi) is 16.9. The van der Waals surface area contributed by atoms with Gasteiger partial charge in [0.1, 0.15) is 0 Å². The average molecular weight is 400 g/mol. The maximum atomic E-state index is 4.04. The summed E-state index contributed by atoms with van der Waals surface area (Å²) >= 11 is 0. The summed E-state index contributed by atoms with van der Waals surface area (Å²) in [6, 6.07) is 11.1. The van der Waals surface area contributed by atoms with Gasteiger partial charge in [-0.1, -0.05) is 140 Å². The van der Waals surface area contributed by atoms with E-state index in [1.54, 1.807) is 0 Å². The summed E-state index contributed by atoms with van der Waals surface area (Å²) in [6.45, 7) is 7.49. The molecule has 0 aromatic heterocycles. The number of unbranched alkanes of at least 4 members (excludes halogenated alkanes) is 15. The summed E-state index contributed by atoms with van der Waals surface area (Å²) in [5.41, 5.74) is 1.35. The molecular formula is C28H49N.